The molecule has 2 aromatic carbocycles. The maximum absolute atomic E-state index is 13.1. The Balaban J connectivity index is 1.69. The lowest BCUT2D eigenvalue weighted by Crippen LogP contribution is -2.16. The molecular weight excluding hydrogens is 418 g/mol. The first-order valence-corrected chi connectivity index (χ1v) is 12.0. The molecule has 1 aliphatic rings. The topological polar surface area (TPSA) is 55.7 Å². The molecule has 0 bridgehead atoms. The minimum atomic E-state index is -0.565. The molecule has 0 aliphatic heterocycles. The normalized spacial score (nSPS) is 13.5. The predicted molar refractivity (Wildman–Crippen MR) is 131 cm³/mol. The number of hydrogen-bond donors (Lipinski definition) is 0. The van der Waals surface area contributed by atoms with E-state index in [2.05, 4.69) is 30.3 Å². The van der Waals surface area contributed by atoms with Crippen molar-refractivity contribution in [3.8, 4) is 0 Å². The standard InChI is InChI=1S/C27H29NO3S/c1-2-3-4-11-16-25(28-31-27(30)22-12-7-5-8-13-22)26(29)21-17-19-24(20-18-21)32-23-14-9-6-10-15-23/h5,7-9,12-15,17-20H,2-4,6,10-11,16H2,1H3/b28-25+. The maximum Gasteiger partial charge on any atom is 0.365 e. The Labute approximate surface area is 194 Å². The van der Waals surface area contributed by atoms with E-state index in [-0.39, 0.29) is 11.5 Å². The second kappa shape index (κ2) is 12.8. The third-order valence-electron chi connectivity index (χ3n) is 5.09. The lowest BCUT2D eigenvalue weighted by Gasteiger charge is -2.08. The van der Waals surface area contributed by atoms with Crippen molar-refractivity contribution in [3.05, 3.63) is 88.9 Å². The second-order valence-corrected chi connectivity index (χ2v) is 8.78. The number of unbranched alkanes of at least 4 members (excludes halogenated alkanes) is 3. The summed E-state index contributed by atoms with van der Waals surface area (Å²) in [5, 5.41) is 3.98. The molecule has 32 heavy (non-hydrogen) atoms. The zero-order chi connectivity index (χ0) is 22.6. The highest BCUT2D eigenvalue weighted by Gasteiger charge is 2.17. The molecule has 0 fully saturated rings. The SMILES string of the molecule is CCCCCC/C(=N\OC(=O)c1ccccc1)C(=O)c1ccc(SC2=CCCC=C2)cc1. The molecule has 0 amide bonds. The van der Waals surface area contributed by atoms with E-state index in [1.54, 1.807) is 36.0 Å². The van der Waals surface area contributed by atoms with Crippen LogP contribution in [0.25, 0.3) is 0 Å². The van der Waals surface area contributed by atoms with Gasteiger partial charge in [-0.2, -0.15) is 0 Å². The Morgan fingerprint density at radius 1 is 0.938 bits per heavy atom. The molecule has 3 rings (SSSR count). The van der Waals surface area contributed by atoms with Gasteiger partial charge >= 0.3 is 5.97 Å². The number of benzene rings is 2. The summed E-state index contributed by atoms with van der Waals surface area (Å²) >= 11 is 1.69. The van der Waals surface area contributed by atoms with Crippen LogP contribution in [0.1, 0.15) is 72.6 Å². The summed E-state index contributed by atoms with van der Waals surface area (Å²) in [5.74, 6) is -0.763. The first-order chi connectivity index (χ1) is 15.7. The Hall–Kier alpha value is -2.92. The highest BCUT2D eigenvalue weighted by molar-refractivity contribution is 8.03. The molecule has 0 saturated carbocycles. The van der Waals surface area contributed by atoms with Crippen LogP contribution >= 0.6 is 11.8 Å². The number of carbonyl (C=O) groups excluding carboxylic acids is 2. The summed E-state index contributed by atoms with van der Waals surface area (Å²) in [6.07, 6.45) is 13.2. The van der Waals surface area contributed by atoms with Crippen LogP contribution in [0.4, 0.5) is 0 Å². The number of oxime groups is 1. The summed E-state index contributed by atoms with van der Waals surface area (Å²) in [5.41, 5.74) is 1.23. The van der Waals surface area contributed by atoms with E-state index >= 15 is 0 Å². The molecule has 1 aliphatic carbocycles. The van der Waals surface area contributed by atoms with Gasteiger partial charge in [-0.1, -0.05) is 79.5 Å². The lowest BCUT2D eigenvalue weighted by atomic mass is 10.0. The predicted octanol–water partition coefficient (Wildman–Crippen LogP) is 7.38. The molecule has 0 saturated heterocycles. The Morgan fingerprint density at radius 3 is 2.41 bits per heavy atom. The van der Waals surface area contributed by atoms with Crippen molar-refractivity contribution in [1.82, 2.24) is 0 Å². The molecule has 2 aromatic rings. The van der Waals surface area contributed by atoms with Crippen molar-refractivity contribution in [1.29, 1.82) is 0 Å². The van der Waals surface area contributed by atoms with E-state index in [1.807, 2.05) is 30.3 Å². The Bertz CT molecular complexity index is 991. The maximum atomic E-state index is 13.1. The molecule has 4 nitrogen and oxygen atoms in total. The van der Waals surface area contributed by atoms with Crippen LogP contribution in [0, 0.1) is 0 Å². The number of hydrogen-bond acceptors (Lipinski definition) is 5. The second-order valence-electron chi connectivity index (χ2n) is 7.64. The quantitative estimate of drug-likeness (QED) is 0.119. The number of rotatable bonds is 11. The fraction of sp³-hybridized carbons (Fsp3) is 0.296. The van der Waals surface area contributed by atoms with Gasteiger partial charge in [0.05, 0.1) is 5.56 Å². The number of Topliss-reactive ketones (excluding diaryl/α,β-unsaturated/α-hetero) is 1. The van der Waals surface area contributed by atoms with Crippen LogP contribution in [0.5, 0.6) is 0 Å². The lowest BCUT2D eigenvalue weighted by molar-refractivity contribution is 0.0514. The van der Waals surface area contributed by atoms with Crippen molar-refractivity contribution in [2.45, 2.75) is 56.8 Å². The van der Waals surface area contributed by atoms with E-state index in [0.29, 0.717) is 17.5 Å². The Morgan fingerprint density at radius 2 is 1.72 bits per heavy atom. The van der Waals surface area contributed by atoms with E-state index in [9.17, 15) is 9.59 Å². The number of thioether (sulfide) groups is 1. The van der Waals surface area contributed by atoms with E-state index in [0.717, 1.165) is 43.4 Å². The van der Waals surface area contributed by atoms with Gasteiger partial charge in [0, 0.05) is 15.4 Å². The van der Waals surface area contributed by atoms with Crippen LogP contribution in [-0.4, -0.2) is 17.5 Å². The fourth-order valence-corrected chi connectivity index (χ4v) is 4.20. The molecule has 0 heterocycles. The molecule has 5 heteroatoms. The smallest absolute Gasteiger partial charge is 0.312 e. The van der Waals surface area contributed by atoms with Gasteiger partial charge in [-0.3, -0.25) is 4.79 Å². The van der Waals surface area contributed by atoms with Crippen LogP contribution in [0.2, 0.25) is 0 Å². The average molecular weight is 448 g/mol. The molecule has 0 N–H and O–H groups in total. The number of carbonyl (C=O) groups is 2. The highest BCUT2D eigenvalue weighted by atomic mass is 32.2. The molecule has 166 valence electrons. The Kier molecular flexibility index (Phi) is 9.51. The van der Waals surface area contributed by atoms with Gasteiger partial charge in [0.25, 0.3) is 0 Å². The van der Waals surface area contributed by atoms with Crippen LogP contribution < -0.4 is 0 Å². The molecule has 0 spiro atoms. The minimum Gasteiger partial charge on any atom is -0.312 e. The molecule has 0 aromatic heterocycles. The first kappa shape index (κ1) is 23.7. The largest absolute Gasteiger partial charge is 0.365 e. The molecular formula is C27H29NO3S. The van der Waals surface area contributed by atoms with Gasteiger partial charge in [-0.05, 0) is 62.1 Å². The van der Waals surface area contributed by atoms with Gasteiger partial charge in [0.1, 0.15) is 5.71 Å². The summed E-state index contributed by atoms with van der Waals surface area (Å²) in [4.78, 5) is 32.8. The van der Waals surface area contributed by atoms with E-state index in [1.165, 1.54) is 4.91 Å². The van der Waals surface area contributed by atoms with Gasteiger partial charge in [-0.15, -0.1) is 0 Å². The summed E-state index contributed by atoms with van der Waals surface area (Å²) in [6, 6.07) is 16.2. The van der Waals surface area contributed by atoms with Gasteiger partial charge < -0.3 is 4.84 Å². The van der Waals surface area contributed by atoms with Crippen LogP contribution in [0.3, 0.4) is 0 Å². The number of nitrogens with zero attached hydrogens (tertiary/aromatic N) is 1. The van der Waals surface area contributed by atoms with Gasteiger partial charge in [-0.25, -0.2) is 4.79 Å². The van der Waals surface area contributed by atoms with Gasteiger partial charge in [0.2, 0.25) is 5.78 Å². The van der Waals surface area contributed by atoms with Crippen molar-refractivity contribution < 1.29 is 14.4 Å². The summed E-state index contributed by atoms with van der Waals surface area (Å²) < 4.78 is 0. The zero-order valence-corrected chi connectivity index (χ0v) is 19.3. The average Bonchev–Trinajstić information content (AvgIpc) is 2.84. The first-order valence-electron chi connectivity index (χ1n) is 11.2. The molecule has 0 unspecified atom stereocenters. The molecule has 0 radical (unpaired) electrons. The van der Waals surface area contributed by atoms with Crippen molar-refractivity contribution >= 4 is 29.2 Å². The van der Waals surface area contributed by atoms with Crippen molar-refractivity contribution in [2.24, 2.45) is 5.16 Å². The van der Waals surface area contributed by atoms with Crippen LogP contribution in [-0.2, 0) is 4.84 Å². The van der Waals surface area contributed by atoms with Crippen molar-refractivity contribution in [2.75, 3.05) is 0 Å². The van der Waals surface area contributed by atoms with Crippen molar-refractivity contribution in [3.63, 3.8) is 0 Å². The van der Waals surface area contributed by atoms with E-state index in [4.69, 9.17) is 4.84 Å². The van der Waals surface area contributed by atoms with Gasteiger partial charge in [0.15, 0.2) is 0 Å². The summed E-state index contributed by atoms with van der Waals surface area (Å²) in [6.45, 7) is 2.14. The third-order valence-corrected chi connectivity index (χ3v) is 6.14. The number of allylic oxidation sites excluding steroid dienone is 3. The molecule has 0 atom stereocenters. The zero-order valence-electron chi connectivity index (χ0n) is 18.5. The monoisotopic (exact) mass is 447 g/mol. The third kappa shape index (κ3) is 7.34. The minimum absolute atomic E-state index is 0.198. The van der Waals surface area contributed by atoms with Crippen LogP contribution in [0.15, 0.2) is 87.8 Å². The summed E-state index contributed by atoms with van der Waals surface area (Å²) in [7, 11) is 0. The number of ketones is 1. The highest BCUT2D eigenvalue weighted by Crippen LogP contribution is 2.30. The fourth-order valence-electron chi connectivity index (χ4n) is 3.29. The van der Waals surface area contributed by atoms with E-state index < -0.39 is 5.97 Å².